The number of Topliss-reactive ketones (excluding diaryl/α,β-unsaturated/α-hetero) is 1. The largest absolute Gasteiger partial charge is 0.494 e. The molecule has 0 radical (unpaired) electrons. The van der Waals surface area contributed by atoms with Crippen molar-refractivity contribution in [3.05, 3.63) is 60.7 Å². The van der Waals surface area contributed by atoms with E-state index in [9.17, 15) is 4.79 Å². The minimum atomic E-state index is -0.0195. The van der Waals surface area contributed by atoms with Gasteiger partial charge in [0.1, 0.15) is 23.7 Å². The first-order valence-electron chi connectivity index (χ1n) is 12.7. The van der Waals surface area contributed by atoms with Crippen LogP contribution in [-0.2, 0) is 11.8 Å². The summed E-state index contributed by atoms with van der Waals surface area (Å²) in [5.74, 6) is 3.40. The van der Waals surface area contributed by atoms with Crippen molar-refractivity contribution < 1.29 is 19.0 Å². The Kier molecular flexibility index (Phi) is 7.69. The van der Waals surface area contributed by atoms with Crippen molar-refractivity contribution in [3.63, 3.8) is 0 Å². The summed E-state index contributed by atoms with van der Waals surface area (Å²) in [6.07, 6.45) is 5.25. The molecule has 1 fully saturated rings. The van der Waals surface area contributed by atoms with Gasteiger partial charge in [-0.1, -0.05) is 13.0 Å². The predicted molar refractivity (Wildman–Crippen MR) is 147 cm³/mol. The van der Waals surface area contributed by atoms with Crippen LogP contribution in [0.4, 0.5) is 23.0 Å². The molecule has 1 aliphatic heterocycles. The molecule has 0 spiro atoms. The van der Waals surface area contributed by atoms with E-state index < -0.39 is 0 Å². The highest BCUT2D eigenvalue weighted by Crippen LogP contribution is 2.40. The number of hydrogen-bond donors (Lipinski definition) is 1. The molecule has 0 saturated carbocycles. The van der Waals surface area contributed by atoms with Crippen LogP contribution in [-0.4, -0.2) is 64.5 Å². The molecule has 39 heavy (non-hydrogen) atoms. The van der Waals surface area contributed by atoms with Crippen molar-refractivity contribution in [1.82, 2.24) is 24.7 Å². The van der Waals surface area contributed by atoms with Crippen LogP contribution >= 0.6 is 0 Å². The maximum absolute atomic E-state index is 12.9. The number of aromatic nitrogens is 5. The van der Waals surface area contributed by atoms with Gasteiger partial charge in [0.25, 0.3) is 0 Å². The number of methoxy groups -OCH3 is 1. The van der Waals surface area contributed by atoms with Gasteiger partial charge in [0, 0.05) is 38.7 Å². The molecule has 1 N–H and O–H groups in total. The van der Waals surface area contributed by atoms with Gasteiger partial charge in [-0.25, -0.2) is 15.0 Å². The third-order valence-corrected chi connectivity index (χ3v) is 6.45. The molecular formula is C28H31N7O4. The highest BCUT2D eigenvalue weighted by molar-refractivity contribution is 6.02. The van der Waals surface area contributed by atoms with Crippen LogP contribution in [0.25, 0.3) is 11.4 Å². The first-order valence-corrected chi connectivity index (χ1v) is 12.7. The van der Waals surface area contributed by atoms with Crippen LogP contribution in [0, 0.1) is 5.92 Å². The third kappa shape index (κ3) is 5.68. The molecule has 0 atom stereocenters. The van der Waals surface area contributed by atoms with Gasteiger partial charge >= 0.3 is 0 Å². The molecule has 1 saturated heterocycles. The molecule has 4 aromatic rings. The van der Waals surface area contributed by atoms with Gasteiger partial charge in [0.05, 0.1) is 55.6 Å². The van der Waals surface area contributed by atoms with Gasteiger partial charge in [-0.2, -0.15) is 5.10 Å². The van der Waals surface area contributed by atoms with Gasteiger partial charge < -0.3 is 24.4 Å². The van der Waals surface area contributed by atoms with Crippen molar-refractivity contribution in [2.45, 2.75) is 13.3 Å². The van der Waals surface area contributed by atoms with E-state index in [-0.39, 0.29) is 5.78 Å². The zero-order chi connectivity index (χ0) is 27.4. The second-order valence-electron chi connectivity index (χ2n) is 9.24. The van der Waals surface area contributed by atoms with Crippen LogP contribution in [0.5, 0.6) is 11.5 Å². The van der Waals surface area contributed by atoms with E-state index in [0.29, 0.717) is 59.2 Å². The summed E-state index contributed by atoms with van der Waals surface area (Å²) < 4.78 is 18.4. The molecule has 11 heteroatoms. The smallest absolute Gasteiger partial charge is 0.184 e. The Hall–Kier alpha value is -4.51. The number of anilines is 4. The lowest BCUT2D eigenvalue weighted by atomic mass is 10.1. The fourth-order valence-electron chi connectivity index (χ4n) is 4.23. The van der Waals surface area contributed by atoms with Crippen LogP contribution in [0.2, 0.25) is 0 Å². The van der Waals surface area contributed by atoms with E-state index in [1.807, 2.05) is 62.3 Å². The minimum Gasteiger partial charge on any atom is -0.494 e. The number of benzene rings is 1. The zero-order valence-corrected chi connectivity index (χ0v) is 22.4. The standard InChI is InChI=1S/C28H31N7O4/c1-5-24(36)21-13-30-26(32-25-10-9-19(12-29-25)39-16-18-14-38-15-18)11-23(21)35(3)22-8-6-7-20(27(22)37-4)28-31-17-34(2)33-28/h6-13,17-18H,5,14-16H2,1-4H3,(H,29,30,32). The number of carbonyl (C=O) groups is 1. The lowest BCUT2D eigenvalue weighted by molar-refractivity contribution is -0.0508. The Morgan fingerprint density at radius 2 is 1.95 bits per heavy atom. The van der Waals surface area contributed by atoms with Crippen LogP contribution in [0.3, 0.4) is 0 Å². The van der Waals surface area contributed by atoms with E-state index in [2.05, 4.69) is 25.4 Å². The summed E-state index contributed by atoms with van der Waals surface area (Å²) in [6.45, 7) is 3.92. The molecule has 5 rings (SSSR count). The number of nitrogens with one attached hydrogen (secondary N) is 1. The van der Waals surface area contributed by atoms with E-state index in [0.717, 1.165) is 24.5 Å². The first kappa shape index (κ1) is 26.1. The Labute approximate surface area is 226 Å². The van der Waals surface area contributed by atoms with Gasteiger partial charge in [-0.05, 0) is 24.3 Å². The number of hydrogen-bond acceptors (Lipinski definition) is 10. The Morgan fingerprint density at radius 3 is 2.59 bits per heavy atom. The van der Waals surface area contributed by atoms with Gasteiger partial charge in [-0.15, -0.1) is 0 Å². The first-order chi connectivity index (χ1) is 19.0. The number of ether oxygens (including phenoxy) is 3. The van der Waals surface area contributed by atoms with Crippen LogP contribution < -0.4 is 19.7 Å². The molecule has 202 valence electrons. The Bertz CT molecular complexity index is 1450. The zero-order valence-electron chi connectivity index (χ0n) is 22.4. The maximum atomic E-state index is 12.9. The van der Waals surface area contributed by atoms with Crippen molar-refractivity contribution in [1.29, 1.82) is 0 Å². The fraction of sp³-hybridized carbons (Fsp3) is 0.321. The van der Waals surface area contributed by atoms with Crippen LogP contribution in [0.1, 0.15) is 23.7 Å². The van der Waals surface area contributed by atoms with E-state index in [1.165, 1.54) is 0 Å². The quantitative estimate of drug-likeness (QED) is 0.280. The van der Waals surface area contributed by atoms with Gasteiger partial charge in [0.15, 0.2) is 17.4 Å². The summed E-state index contributed by atoms with van der Waals surface area (Å²) in [5.41, 5.74) is 2.67. The average molecular weight is 530 g/mol. The lowest BCUT2D eigenvalue weighted by Crippen LogP contribution is -2.32. The lowest BCUT2D eigenvalue weighted by Gasteiger charge is -2.25. The van der Waals surface area contributed by atoms with Gasteiger partial charge in [0.2, 0.25) is 0 Å². The highest BCUT2D eigenvalue weighted by atomic mass is 16.5. The SMILES string of the molecule is CCC(=O)c1cnc(Nc2ccc(OCC3COC3)cn2)cc1N(C)c1cccc(-c2ncn(C)n2)c1OC. The topological polar surface area (TPSA) is 117 Å². The summed E-state index contributed by atoms with van der Waals surface area (Å²) in [4.78, 5) is 28.1. The maximum Gasteiger partial charge on any atom is 0.184 e. The van der Waals surface area contributed by atoms with Crippen LogP contribution in [0.15, 0.2) is 55.1 Å². The molecule has 11 nitrogen and oxygen atoms in total. The monoisotopic (exact) mass is 529 g/mol. The van der Waals surface area contributed by atoms with E-state index >= 15 is 0 Å². The number of para-hydroxylation sites is 1. The minimum absolute atomic E-state index is 0.0195. The molecule has 1 aliphatic rings. The Balaban J connectivity index is 1.43. The molecule has 4 heterocycles. The molecule has 0 unspecified atom stereocenters. The average Bonchev–Trinajstić information content (AvgIpc) is 3.37. The van der Waals surface area contributed by atoms with Gasteiger partial charge in [-0.3, -0.25) is 9.48 Å². The number of carbonyl (C=O) groups excluding carboxylic acids is 1. The molecular weight excluding hydrogens is 498 g/mol. The summed E-state index contributed by atoms with van der Waals surface area (Å²) in [7, 11) is 5.31. The van der Waals surface area contributed by atoms with Crippen molar-refractivity contribution in [2.24, 2.45) is 13.0 Å². The second-order valence-corrected chi connectivity index (χ2v) is 9.24. The molecule has 0 amide bonds. The molecule has 0 bridgehead atoms. The number of pyridine rings is 2. The predicted octanol–water partition coefficient (Wildman–Crippen LogP) is 4.41. The van der Waals surface area contributed by atoms with Crippen molar-refractivity contribution in [3.8, 4) is 22.9 Å². The summed E-state index contributed by atoms with van der Waals surface area (Å²) in [6, 6.07) is 11.3. The number of aryl methyl sites for hydroxylation is 1. The summed E-state index contributed by atoms with van der Waals surface area (Å²) >= 11 is 0. The van der Waals surface area contributed by atoms with E-state index in [4.69, 9.17) is 14.2 Å². The Morgan fingerprint density at radius 1 is 1.13 bits per heavy atom. The highest BCUT2D eigenvalue weighted by Gasteiger charge is 2.22. The third-order valence-electron chi connectivity index (χ3n) is 6.45. The summed E-state index contributed by atoms with van der Waals surface area (Å²) in [5, 5.41) is 7.66. The normalized spacial score (nSPS) is 13.0. The van der Waals surface area contributed by atoms with E-state index in [1.54, 1.807) is 30.5 Å². The molecule has 1 aromatic carbocycles. The number of nitrogens with zero attached hydrogens (tertiary/aromatic N) is 6. The molecule has 0 aliphatic carbocycles. The van der Waals surface area contributed by atoms with Crippen molar-refractivity contribution in [2.75, 3.05) is 44.2 Å². The fourth-order valence-corrected chi connectivity index (χ4v) is 4.23. The second kappa shape index (κ2) is 11.5. The number of rotatable bonds is 11. The molecule has 3 aromatic heterocycles. The van der Waals surface area contributed by atoms with Crippen molar-refractivity contribution >= 4 is 28.8 Å². The number of ketones is 1.